The molecule has 0 aliphatic heterocycles. The molecule has 0 spiro atoms. The number of amides is 4. The fourth-order valence-corrected chi connectivity index (χ4v) is 3.12. The maximum atomic E-state index is 12.7. The molecule has 32 heavy (non-hydrogen) atoms. The first-order valence-electron chi connectivity index (χ1n) is 10.2. The smallest absolute Gasteiger partial charge is 0.326 e. The molecule has 5 atom stereocenters. The molecule has 0 aliphatic rings. The van der Waals surface area contributed by atoms with Gasteiger partial charge in [-0.25, -0.2) is 4.79 Å². The highest BCUT2D eigenvalue weighted by Gasteiger charge is 2.33. The van der Waals surface area contributed by atoms with Crippen LogP contribution in [0.25, 0.3) is 0 Å². The summed E-state index contributed by atoms with van der Waals surface area (Å²) in [6.07, 6.45) is 0.418. The molecule has 12 nitrogen and oxygen atoms in total. The lowest BCUT2D eigenvalue weighted by Crippen LogP contribution is -2.60. The van der Waals surface area contributed by atoms with E-state index >= 15 is 0 Å². The molecule has 0 heterocycles. The van der Waals surface area contributed by atoms with Crippen molar-refractivity contribution in [3.63, 3.8) is 0 Å². The molecule has 4 amide bonds. The number of rotatable bonds is 15. The van der Waals surface area contributed by atoms with Gasteiger partial charge >= 0.3 is 5.97 Å². The average Bonchev–Trinajstić information content (AvgIpc) is 2.69. The summed E-state index contributed by atoms with van der Waals surface area (Å²) >= 11 is 1.49. The number of hydrogen-bond donors (Lipinski definition) is 7. The van der Waals surface area contributed by atoms with Gasteiger partial charge in [-0.05, 0) is 37.7 Å². The second kappa shape index (κ2) is 14.6. The van der Waals surface area contributed by atoms with E-state index in [9.17, 15) is 34.2 Å². The molecule has 0 radical (unpaired) electrons. The molecule has 9 N–H and O–H groups in total. The lowest BCUT2D eigenvalue weighted by Gasteiger charge is -2.27. The summed E-state index contributed by atoms with van der Waals surface area (Å²) in [7, 11) is 0. The lowest BCUT2D eigenvalue weighted by atomic mass is 10.0. The average molecular weight is 478 g/mol. The van der Waals surface area contributed by atoms with Crippen LogP contribution in [0.1, 0.15) is 40.0 Å². The predicted octanol–water partition coefficient (Wildman–Crippen LogP) is -2.09. The van der Waals surface area contributed by atoms with Crippen molar-refractivity contribution >= 4 is 41.4 Å². The number of primary amides is 1. The van der Waals surface area contributed by atoms with Crippen LogP contribution in [0.2, 0.25) is 0 Å². The van der Waals surface area contributed by atoms with Crippen LogP contribution in [-0.4, -0.2) is 82.1 Å². The van der Waals surface area contributed by atoms with Crippen molar-refractivity contribution in [1.29, 1.82) is 0 Å². The Morgan fingerprint density at radius 2 is 1.47 bits per heavy atom. The van der Waals surface area contributed by atoms with Crippen LogP contribution in [-0.2, 0) is 24.0 Å². The molecule has 13 heteroatoms. The Hall–Kier alpha value is -2.38. The number of aliphatic carboxylic acids is 1. The van der Waals surface area contributed by atoms with Gasteiger partial charge in [-0.15, -0.1) is 0 Å². The standard InChI is InChI=1S/C19H35N5O7S/c1-9(2)14(19(30)31)23-17(28)12(5-6-13(21)26)22-18(29)15(10(3)25)24-16(27)11(20)7-8-32-4/h9-12,14-15,25H,5-8,20H2,1-4H3,(H2,21,26)(H,22,29)(H,23,28)(H,24,27)(H,30,31). The number of carboxylic acids is 1. The molecule has 5 unspecified atom stereocenters. The minimum Gasteiger partial charge on any atom is -0.480 e. The van der Waals surface area contributed by atoms with Gasteiger partial charge in [-0.1, -0.05) is 13.8 Å². The molecule has 0 aromatic carbocycles. The van der Waals surface area contributed by atoms with Crippen LogP contribution in [0.5, 0.6) is 0 Å². The zero-order valence-electron chi connectivity index (χ0n) is 18.8. The second-order valence-corrected chi connectivity index (χ2v) is 8.74. The Morgan fingerprint density at radius 3 is 1.91 bits per heavy atom. The minimum absolute atomic E-state index is 0.203. The summed E-state index contributed by atoms with van der Waals surface area (Å²) in [6, 6.07) is -4.86. The number of carboxylic acid groups (broad SMARTS) is 1. The van der Waals surface area contributed by atoms with Crippen LogP contribution < -0.4 is 27.4 Å². The van der Waals surface area contributed by atoms with Crippen LogP contribution in [0.15, 0.2) is 0 Å². The summed E-state index contributed by atoms with van der Waals surface area (Å²) in [6.45, 7) is 4.46. The van der Waals surface area contributed by atoms with Crippen LogP contribution in [0.3, 0.4) is 0 Å². The van der Waals surface area contributed by atoms with Gasteiger partial charge < -0.3 is 37.6 Å². The Bertz CT molecular complexity index is 674. The van der Waals surface area contributed by atoms with Crippen molar-refractivity contribution in [2.24, 2.45) is 17.4 Å². The van der Waals surface area contributed by atoms with Crippen molar-refractivity contribution in [1.82, 2.24) is 16.0 Å². The Balaban J connectivity index is 5.44. The summed E-state index contributed by atoms with van der Waals surface area (Å²) in [5.74, 6) is -4.20. The van der Waals surface area contributed by atoms with E-state index in [1.54, 1.807) is 13.8 Å². The van der Waals surface area contributed by atoms with Gasteiger partial charge in [0.2, 0.25) is 23.6 Å². The Labute approximate surface area is 191 Å². The number of nitrogens with one attached hydrogen (secondary N) is 3. The molecule has 0 fully saturated rings. The molecule has 0 aliphatic carbocycles. The van der Waals surface area contributed by atoms with E-state index in [2.05, 4.69) is 16.0 Å². The van der Waals surface area contributed by atoms with Gasteiger partial charge in [0.1, 0.15) is 18.1 Å². The zero-order valence-corrected chi connectivity index (χ0v) is 19.6. The third-order valence-electron chi connectivity index (χ3n) is 4.58. The first kappa shape index (κ1) is 29.6. The first-order chi connectivity index (χ1) is 14.8. The van der Waals surface area contributed by atoms with E-state index in [1.807, 2.05) is 6.26 Å². The molecule has 184 valence electrons. The van der Waals surface area contributed by atoms with Gasteiger partial charge in [-0.3, -0.25) is 19.2 Å². The van der Waals surface area contributed by atoms with E-state index in [4.69, 9.17) is 11.5 Å². The van der Waals surface area contributed by atoms with E-state index in [-0.39, 0.29) is 12.8 Å². The second-order valence-electron chi connectivity index (χ2n) is 7.75. The third-order valence-corrected chi connectivity index (χ3v) is 5.22. The number of aliphatic hydroxyl groups is 1. The lowest BCUT2D eigenvalue weighted by molar-refractivity contribution is -0.143. The highest BCUT2D eigenvalue weighted by Crippen LogP contribution is 2.06. The van der Waals surface area contributed by atoms with Gasteiger partial charge in [-0.2, -0.15) is 11.8 Å². The Morgan fingerprint density at radius 1 is 0.906 bits per heavy atom. The van der Waals surface area contributed by atoms with E-state index in [0.717, 1.165) is 0 Å². The first-order valence-corrected chi connectivity index (χ1v) is 11.6. The third kappa shape index (κ3) is 10.8. The number of carbonyl (C=O) groups is 5. The van der Waals surface area contributed by atoms with Gasteiger partial charge in [0, 0.05) is 6.42 Å². The van der Waals surface area contributed by atoms with Gasteiger partial charge in [0.25, 0.3) is 0 Å². The van der Waals surface area contributed by atoms with Crippen molar-refractivity contribution in [3.05, 3.63) is 0 Å². The van der Waals surface area contributed by atoms with Crippen LogP contribution in [0, 0.1) is 5.92 Å². The normalized spacial score (nSPS) is 15.7. The molecule has 0 bridgehead atoms. The maximum Gasteiger partial charge on any atom is 0.326 e. The zero-order chi connectivity index (χ0) is 25.0. The van der Waals surface area contributed by atoms with E-state index in [0.29, 0.717) is 12.2 Å². The highest BCUT2D eigenvalue weighted by atomic mass is 32.2. The largest absolute Gasteiger partial charge is 0.480 e. The molecule has 0 rings (SSSR count). The maximum absolute atomic E-state index is 12.7. The summed E-state index contributed by atoms with van der Waals surface area (Å²) in [5, 5.41) is 26.3. The Kier molecular flexibility index (Phi) is 13.5. The van der Waals surface area contributed by atoms with Crippen molar-refractivity contribution in [3.8, 4) is 0 Å². The number of hydrogen-bond acceptors (Lipinski definition) is 8. The molecule has 0 aromatic rings. The summed E-state index contributed by atoms with van der Waals surface area (Å²) in [4.78, 5) is 60.2. The number of thioether (sulfide) groups is 1. The predicted molar refractivity (Wildman–Crippen MR) is 119 cm³/mol. The van der Waals surface area contributed by atoms with Gasteiger partial charge in [0.15, 0.2) is 0 Å². The molecule has 0 saturated heterocycles. The van der Waals surface area contributed by atoms with Gasteiger partial charge in [0.05, 0.1) is 12.1 Å². The fourth-order valence-electron chi connectivity index (χ4n) is 2.63. The monoisotopic (exact) mass is 477 g/mol. The van der Waals surface area contributed by atoms with E-state index < -0.39 is 65.8 Å². The topological polar surface area (TPSA) is 214 Å². The van der Waals surface area contributed by atoms with Crippen molar-refractivity contribution < 1.29 is 34.2 Å². The number of aliphatic hydroxyl groups excluding tert-OH is 1. The summed E-state index contributed by atoms with van der Waals surface area (Å²) < 4.78 is 0. The number of carbonyl (C=O) groups excluding carboxylic acids is 4. The summed E-state index contributed by atoms with van der Waals surface area (Å²) in [5.41, 5.74) is 10.9. The highest BCUT2D eigenvalue weighted by molar-refractivity contribution is 7.98. The fraction of sp³-hybridized carbons (Fsp3) is 0.737. The molecule has 0 aromatic heterocycles. The number of nitrogens with two attached hydrogens (primary N) is 2. The molecular formula is C19H35N5O7S. The van der Waals surface area contributed by atoms with Crippen LogP contribution in [0.4, 0.5) is 0 Å². The van der Waals surface area contributed by atoms with E-state index in [1.165, 1.54) is 18.7 Å². The van der Waals surface area contributed by atoms with Crippen molar-refractivity contribution in [2.75, 3.05) is 12.0 Å². The molecular weight excluding hydrogens is 442 g/mol. The van der Waals surface area contributed by atoms with Crippen molar-refractivity contribution in [2.45, 2.75) is 70.3 Å². The quantitative estimate of drug-likeness (QED) is 0.137. The van der Waals surface area contributed by atoms with Crippen LogP contribution >= 0.6 is 11.8 Å². The molecule has 0 saturated carbocycles. The SMILES string of the molecule is CSCCC(N)C(=O)NC(C(=O)NC(CCC(N)=O)C(=O)NC(C(=O)O)C(C)C)C(C)O. The minimum atomic E-state index is -1.42.